The molecule has 2 amide bonds. The fourth-order valence-electron chi connectivity index (χ4n) is 2.64. The number of hydrogen-bond acceptors (Lipinski definition) is 6. The molecule has 1 aromatic carbocycles. The number of nitrogens with zero attached hydrogens (tertiary/aromatic N) is 4. The van der Waals surface area contributed by atoms with Crippen molar-refractivity contribution in [3.05, 3.63) is 45.7 Å². The van der Waals surface area contributed by atoms with Gasteiger partial charge in [-0.1, -0.05) is 11.6 Å². The summed E-state index contributed by atoms with van der Waals surface area (Å²) < 4.78 is 7.06. The number of anilines is 2. The second-order valence-corrected chi connectivity index (χ2v) is 6.36. The molecule has 2 heterocycles. The lowest BCUT2D eigenvalue weighted by molar-refractivity contribution is -0.384. The Hall–Kier alpha value is -2.69. The number of nitrogens with one attached hydrogen (secondary N) is 2. The first-order chi connectivity index (χ1) is 13.0. The second-order valence-electron chi connectivity index (χ2n) is 5.95. The molecule has 2 aromatic rings. The number of ether oxygens (including phenoxy) is 1. The highest BCUT2D eigenvalue weighted by Crippen LogP contribution is 2.27. The summed E-state index contributed by atoms with van der Waals surface area (Å²) in [6.07, 6.45) is 3.27. The number of amides is 2. The van der Waals surface area contributed by atoms with Gasteiger partial charge in [-0.2, -0.15) is 5.10 Å². The van der Waals surface area contributed by atoms with E-state index in [9.17, 15) is 14.9 Å². The van der Waals surface area contributed by atoms with Crippen molar-refractivity contribution in [2.75, 3.05) is 43.5 Å². The van der Waals surface area contributed by atoms with Gasteiger partial charge < -0.3 is 15.4 Å². The van der Waals surface area contributed by atoms with Crippen LogP contribution in [0.1, 0.15) is 0 Å². The number of benzene rings is 1. The Labute approximate surface area is 160 Å². The average Bonchev–Trinajstić information content (AvgIpc) is 3.09. The Kier molecular flexibility index (Phi) is 6.22. The predicted octanol–water partition coefficient (Wildman–Crippen LogP) is 2.42. The van der Waals surface area contributed by atoms with Gasteiger partial charge in [0.1, 0.15) is 5.02 Å². The van der Waals surface area contributed by atoms with Crippen LogP contribution in [0.5, 0.6) is 0 Å². The number of hydrogen-bond donors (Lipinski definition) is 2. The fourth-order valence-corrected chi connectivity index (χ4v) is 2.83. The highest BCUT2D eigenvalue weighted by molar-refractivity contribution is 6.32. The van der Waals surface area contributed by atoms with E-state index in [1.807, 2.05) is 0 Å². The number of urea groups is 1. The summed E-state index contributed by atoms with van der Waals surface area (Å²) >= 11 is 5.75. The topological polar surface area (TPSA) is 115 Å². The van der Waals surface area contributed by atoms with Crippen LogP contribution in [0.25, 0.3) is 0 Å². The fraction of sp³-hybridized carbons (Fsp3) is 0.375. The first-order valence-electron chi connectivity index (χ1n) is 8.36. The van der Waals surface area contributed by atoms with Crippen molar-refractivity contribution in [3.63, 3.8) is 0 Å². The van der Waals surface area contributed by atoms with Crippen LogP contribution in [0.3, 0.4) is 0 Å². The summed E-state index contributed by atoms with van der Waals surface area (Å²) in [5.41, 5.74) is 0.520. The Balaban J connectivity index is 1.51. The summed E-state index contributed by atoms with van der Waals surface area (Å²) in [5.74, 6) is 0. The largest absolute Gasteiger partial charge is 0.379 e. The molecule has 0 atom stereocenters. The van der Waals surface area contributed by atoms with Gasteiger partial charge in [-0.05, 0) is 12.1 Å². The van der Waals surface area contributed by atoms with Crippen molar-refractivity contribution in [1.29, 1.82) is 0 Å². The standard InChI is InChI=1S/C16H19ClN6O4/c17-14-2-1-12(9-15(14)23(25)26)19-16(24)20-13-10-18-22(11-13)4-3-21-5-7-27-8-6-21/h1-2,9-11H,3-8H2,(H2,19,20,24). The third-order valence-corrected chi connectivity index (χ3v) is 4.36. The van der Waals surface area contributed by atoms with Gasteiger partial charge in [0.2, 0.25) is 0 Å². The molecule has 1 aliphatic rings. The minimum absolute atomic E-state index is 0.00695. The van der Waals surface area contributed by atoms with Gasteiger partial charge in [-0.15, -0.1) is 0 Å². The maximum absolute atomic E-state index is 12.1. The lowest BCUT2D eigenvalue weighted by atomic mass is 10.3. The minimum atomic E-state index is -0.607. The number of rotatable bonds is 6. The molecule has 1 fully saturated rings. The molecular formula is C16H19ClN6O4. The van der Waals surface area contributed by atoms with Crippen LogP contribution in [-0.2, 0) is 11.3 Å². The molecule has 0 aliphatic carbocycles. The molecular weight excluding hydrogens is 376 g/mol. The zero-order valence-corrected chi connectivity index (χ0v) is 15.2. The summed E-state index contributed by atoms with van der Waals surface area (Å²) in [4.78, 5) is 24.7. The van der Waals surface area contributed by atoms with E-state index in [-0.39, 0.29) is 16.4 Å². The first kappa shape index (κ1) is 19.1. The van der Waals surface area contributed by atoms with Gasteiger partial charge in [-0.3, -0.25) is 19.7 Å². The van der Waals surface area contributed by atoms with Crippen molar-refractivity contribution in [3.8, 4) is 0 Å². The number of halogens is 1. The lowest BCUT2D eigenvalue weighted by Crippen LogP contribution is -2.38. The molecule has 144 valence electrons. The molecule has 1 saturated heterocycles. The number of nitro groups is 1. The van der Waals surface area contributed by atoms with Crippen LogP contribution in [0, 0.1) is 10.1 Å². The Bertz CT molecular complexity index is 821. The average molecular weight is 395 g/mol. The second kappa shape index (κ2) is 8.80. The summed E-state index contributed by atoms with van der Waals surface area (Å²) in [7, 11) is 0. The Morgan fingerprint density at radius 2 is 2.00 bits per heavy atom. The molecule has 0 saturated carbocycles. The van der Waals surface area contributed by atoms with Crippen molar-refractivity contribution >= 4 is 34.7 Å². The van der Waals surface area contributed by atoms with E-state index < -0.39 is 11.0 Å². The summed E-state index contributed by atoms with van der Waals surface area (Å²) in [5, 5.41) is 20.3. The molecule has 10 nitrogen and oxygen atoms in total. The van der Waals surface area contributed by atoms with Gasteiger partial charge in [0, 0.05) is 37.6 Å². The van der Waals surface area contributed by atoms with Crippen molar-refractivity contribution in [2.45, 2.75) is 6.54 Å². The molecule has 0 bridgehead atoms. The molecule has 0 radical (unpaired) electrons. The zero-order chi connectivity index (χ0) is 19.2. The van der Waals surface area contributed by atoms with Crippen LogP contribution < -0.4 is 10.6 Å². The summed E-state index contributed by atoms with van der Waals surface area (Å²) in [6.45, 7) is 4.85. The van der Waals surface area contributed by atoms with E-state index in [2.05, 4.69) is 20.6 Å². The highest BCUT2D eigenvalue weighted by atomic mass is 35.5. The van der Waals surface area contributed by atoms with E-state index in [0.29, 0.717) is 12.2 Å². The van der Waals surface area contributed by atoms with Gasteiger partial charge in [0.25, 0.3) is 5.69 Å². The molecule has 0 spiro atoms. The van der Waals surface area contributed by atoms with E-state index in [4.69, 9.17) is 16.3 Å². The van der Waals surface area contributed by atoms with Crippen molar-refractivity contribution < 1.29 is 14.5 Å². The normalized spacial score (nSPS) is 14.7. The zero-order valence-electron chi connectivity index (χ0n) is 14.4. The number of carbonyl (C=O) groups is 1. The molecule has 3 rings (SSSR count). The van der Waals surface area contributed by atoms with E-state index >= 15 is 0 Å². The van der Waals surface area contributed by atoms with Gasteiger partial charge >= 0.3 is 6.03 Å². The lowest BCUT2D eigenvalue weighted by Gasteiger charge is -2.26. The van der Waals surface area contributed by atoms with E-state index in [1.165, 1.54) is 18.2 Å². The molecule has 2 N–H and O–H groups in total. The van der Waals surface area contributed by atoms with Crippen molar-refractivity contribution in [2.24, 2.45) is 0 Å². The number of morpholine rings is 1. The highest BCUT2D eigenvalue weighted by Gasteiger charge is 2.14. The summed E-state index contributed by atoms with van der Waals surface area (Å²) in [6, 6.07) is 3.52. The minimum Gasteiger partial charge on any atom is -0.379 e. The number of aromatic nitrogens is 2. The van der Waals surface area contributed by atoms with Gasteiger partial charge in [-0.25, -0.2) is 4.79 Å². The molecule has 1 aromatic heterocycles. The number of nitro benzene ring substituents is 1. The first-order valence-corrected chi connectivity index (χ1v) is 8.73. The SMILES string of the molecule is O=C(Nc1ccc(Cl)c([N+](=O)[O-])c1)Nc1cnn(CCN2CCOCC2)c1. The molecule has 11 heteroatoms. The van der Waals surface area contributed by atoms with E-state index in [0.717, 1.165) is 32.8 Å². The monoisotopic (exact) mass is 394 g/mol. The van der Waals surface area contributed by atoms with Crippen LogP contribution in [0.2, 0.25) is 5.02 Å². The smallest absolute Gasteiger partial charge is 0.323 e. The maximum Gasteiger partial charge on any atom is 0.323 e. The molecule has 1 aliphatic heterocycles. The maximum atomic E-state index is 12.1. The quantitative estimate of drug-likeness (QED) is 0.574. The predicted molar refractivity (Wildman–Crippen MR) is 100 cm³/mol. The Morgan fingerprint density at radius 1 is 1.26 bits per heavy atom. The third-order valence-electron chi connectivity index (χ3n) is 4.04. The van der Waals surface area contributed by atoms with Crippen LogP contribution in [0.4, 0.5) is 21.9 Å². The van der Waals surface area contributed by atoms with Crippen LogP contribution >= 0.6 is 11.6 Å². The Morgan fingerprint density at radius 3 is 2.74 bits per heavy atom. The molecule has 0 unspecified atom stereocenters. The van der Waals surface area contributed by atoms with E-state index in [1.54, 1.807) is 17.1 Å². The van der Waals surface area contributed by atoms with Gasteiger partial charge in [0.05, 0.1) is 36.6 Å². The molecule has 27 heavy (non-hydrogen) atoms. The van der Waals surface area contributed by atoms with Crippen molar-refractivity contribution in [1.82, 2.24) is 14.7 Å². The number of carbonyl (C=O) groups excluding carboxylic acids is 1. The third kappa shape index (κ3) is 5.39. The van der Waals surface area contributed by atoms with Crippen LogP contribution in [0.15, 0.2) is 30.6 Å². The van der Waals surface area contributed by atoms with Gasteiger partial charge in [0.15, 0.2) is 0 Å². The van der Waals surface area contributed by atoms with Crippen LogP contribution in [-0.4, -0.2) is 58.5 Å².